The molecule has 3 saturated heterocycles. The van der Waals surface area contributed by atoms with Gasteiger partial charge in [0.2, 0.25) is 0 Å². The second-order valence-corrected chi connectivity index (χ2v) is 15.5. The number of piperazine rings is 2. The van der Waals surface area contributed by atoms with Gasteiger partial charge in [-0.15, -0.1) is 0 Å². The van der Waals surface area contributed by atoms with Crippen LogP contribution in [-0.2, 0) is 44.9 Å². The lowest BCUT2D eigenvalue weighted by Gasteiger charge is -2.45. The first-order valence-electron chi connectivity index (χ1n) is 20.3. The predicted octanol–water partition coefficient (Wildman–Crippen LogP) is 4.26. The second-order valence-electron chi connectivity index (χ2n) is 15.5. The molecule has 4 atom stereocenters. The molecule has 0 aromatic heterocycles. The van der Waals surface area contributed by atoms with Gasteiger partial charge in [0.1, 0.15) is 11.5 Å². The Morgan fingerprint density at radius 2 is 1.37 bits per heavy atom. The molecule has 0 unspecified atom stereocenters. The maximum Gasteiger partial charge on any atom is 0.312 e. The Morgan fingerprint density at radius 1 is 0.719 bits per heavy atom. The number of carbonyl (C=O) groups is 4. The Balaban J connectivity index is 1.13. The summed E-state index contributed by atoms with van der Waals surface area (Å²) in [5.74, 6) is -1.16. The molecule has 11 heteroatoms. The van der Waals surface area contributed by atoms with Crippen molar-refractivity contribution in [3.8, 4) is 11.5 Å². The first-order valence-corrected chi connectivity index (χ1v) is 20.3. The molecule has 11 nitrogen and oxygen atoms in total. The van der Waals surface area contributed by atoms with Gasteiger partial charge in [-0.05, 0) is 98.5 Å². The highest BCUT2D eigenvalue weighted by molar-refractivity contribution is 6.36. The van der Waals surface area contributed by atoms with E-state index in [9.17, 15) is 24.3 Å². The van der Waals surface area contributed by atoms with Gasteiger partial charge >= 0.3 is 23.6 Å². The number of carbonyl (C=O) groups excluding carboxylic acids is 4. The zero-order valence-electron chi connectivity index (χ0n) is 32.7. The smallest absolute Gasteiger partial charge is 0.312 e. The minimum absolute atomic E-state index is 0.0261. The van der Waals surface area contributed by atoms with Crippen LogP contribution in [0.15, 0.2) is 109 Å². The van der Waals surface area contributed by atoms with E-state index < -0.39 is 23.6 Å². The Bertz CT molecular complexity index is 1980. The topological polar surface area (TPSA) is 123 Å². The number of hydrogen-bond acceptors (Lipinski definition) is 7. The van der Waals surface area contributed by atoms with Gasteiger partial charge in [0.05, 0.1) is 18.7 Å². The lowest BCUT2D eigenvalue weighted by molar-refractivity contribution is -0.161. The standard InChI is InChI=1S/C46H53N5O6/c1-2-57-42-21-17-33(18-22-42)23-25-49-40(27-35-12-7-4-8-13-35)32-51(46(56)45(49)55)39(28-36-15-19-41(52)20-16-36)30-48-24-9-14-37(48)31-50-38(29-47-43(53)44(50)54)26-34-10-5-3-6-11-34/h3-8,10-13,15-22,37-40,52H,2,9,14,23-32H2,1H3,(H,47,53)/t37-,38+,39+,40+/m1/s1. The molecular weight excluding hydrogens is 719 g/mol. The Hall–Kier alpha value is -5.68. The van der Waals surface area contributed by atoms with Crippen LogP contribution in [0.5, 0.6) is 11.5 Å². The highest BCUT2D eigenvalue weighted by Crippen LogP contribution is 2.27. The van der Waals surface area contributed by atoms with E-state index in [1.807, 2.05) is 91.9 Å². The van der Waals surface area contributed by atoms with E-state index in [1.54, 1.807) is 26.8 Å². The normalized spacial score (nSPS) is 20.9. The molecule has 4 aromatic rings. The van der Waals surface area contributed by atoms with Crippen molar-refractivity contribution in [3.05, 3.63) is 131 Å². The summed E-state index contributed by atoms with van der Waals surface area (Å²) in [5.41, 5.74) is 4.18. The molecular formula is C46H53N5O6. The van der Waals surface area contributed by atoms with Crippen LogP contribution < -0.4 is 10.1 Å². The molecule has 0 bridgehead atoms. The Morgan fingerprint density at radius 3 is 2.04 bits per heavy atom. The average molecular weight is 772 g/mol. The largest absolute Gasteiger partial charge is 0.508 e. The molecule has 0 radical (unpaired) electrons. The summed E-state index contributed by atoms with van der Waals surface area (Å²) < 4.78 is 5.62. The SMILES string of the molecule is CCOc1ccc(CCN2C(=O)C(=O)N([C@@H](Cc3ccc(O)cc3)CN3CCC[C@@H]3CN3C(=O)C(=O)NC[C@@H]3Cc3ccccc3)C[C@@H]2Cc2ccccc2)cc1. The van der Waals surface area contributed by atoms with Crippen molar-refractivity contribution in [2.45, 2.75) is 69.6 Å². The number of ether oxygens (including phenoxy) is 1. The third-order valence-electron chi connectivity index (χ3n) is 11.7. The first-order chi connectivity index (χ1) is 27.7. The van der Waals surface area contributed by atoms with Crippen LogP contribution >= 0.6 is 0 Å². The molecule has 57 heavy (non-hydrogen) atoms. The minimum atomic E-state index is -0.581. The maximum atomic E-state index is 14.4. The number of phenolic OH excluding ortho intramolecular Hbond substituents is 1. The van der Waals surface area contributed by atoms with E-state index in [-0.39, 0.29) is 29.9 Å². The summed E-state index contributed by atoms with van der Waals surface area (Å²) in [4.78, 5) is 62.4. The third-order valence-corrected chi connectivity index (χ3v) is 11.7. The summed E-state index contributed by atoms with van der Waals surface area (Å²) in [6.07, 6.45) is 4.07. The maximum absolute atomic E-state index is 14.4. The van der Waals surface area contributed by atoms with Crippen LogP contribution in [0.2, 0.25) is 0 Å². The van der Waals surface area contributed by atoms with E-state index in [4.69, 9.17) is 4.74 Å². The highest BCUT2D eigenvalue weighted by atomic mass is 16.5. The number of rotatable bonds is 16. The van der Waals surface area contributed by atoms with E-state index in [0.29, 0.717) is 65.0 Å². The lowest BCUT2D eigenvalue weighted by Crippen LogP contribution is -2.65. The van der Waals surface area contributed by atoms with Gasteiger partial charge in [-0.25, -0.2) is 0 Å². The van der Waals surface area contributed by atoms with Crippen LogP contribution in [0.1, 0.15) is 42.0 Å². The molecule has 0 spiro atoms. The molecule has 3 heterocycles. The van der Waals surface area contributed by atoms with Crippen molar-refractivity contribution in [3.63, 3.8) is 0 Å². The third kappa shape index (κ3) is 9.83. The molecule has 2 N–H and O–H groups in total. The van der Waals surface area contributed by atoms with Crippen molar-refractivity contribution in [1.82, 2.24) is 24.9 Å². The van der Waals surface area contributed by atoms with Crippen molar-refractivity contribution < 1.29 is 29.0 Å². The molecule has 298 valence electrons. The van der Waals surface area contributed by atoms with Gasteiger partial charge in [-0.3, -0.25) is 24.1 Å². The quantitative estimate of drug-likeness (QED) is 0.163. The molecule has 4 aromatic carbocycles. The summed E-state index contributed by atoms with van der Waals surface area (Å²) in [6.45, 7) is 5.35. The van der Waals surface area contributed by atoms with Crippen molar-refractivity contribution >= 4 is 23.6 Å². The summed E-state index contributed by atoms with van der Waals surface area (Å²) in [7, 11) is 0. The van der Waals surface area contributed by atoms with Gasteiger partial charge in [-0.1, -0.05) is 84.9 Å². The number of benzene rings is 4. The molecule has 3 aliphatic heterocycles. The fourth-order valence-corrected chi connectivity index (χ4v) is 8.66. The van der Waals surface area contributed by atoms with Crippen LogP contribution in [0.3, 0.4) is 0 Å². The lowest BCUT2D eigenvalue weighted by atomic mass is 9.97. The number of likely N-dealkylation sites (tertiary alicyclic amines) is 1. The van der Waals surface area contributed by atoms with Crippen LogP contribution in [0.25, 0.3) is 0 Å². The Kier molecular flexibility index (Phi) is 12.8. The molecule has 4 amide bonds. The van der Waals surface area contributed by atoms with E-state index in [2.05, 4.69) is 22.3 Å². The van der Waals surface area contributed by atoms with Gasteiger partial charge in [0, 0.05) is 44.8 Å². The highest BCUT2D eigenvalue weighted by Gasteiger charge is 2.44. The van der Waals surface area contributed by atoms with Crippen LogP contribution in [0, 0.1) is 0 Å². The zero-order chi connectivity index (χ0) is 39.7. The first kappa shape index (κ1) is 39.6. The van der Waals surface area contributed by atoms with Crippen molar-refractivity contribution in [2.75, 3.05) is 45.9 Å². The molecule has 3 aliphatic rings. The number of nitrogens with one attached hydrogen (secondary N) is 1. The number of amides is 4. The van der Waals surface area contributed by atoms with Crippen molar-refractivity contribution in [2.24, 2.45) is 0 Å². The molecule has 3 fully saturated rings. The molecule has 0 saturated carbocycles. The summed E-state index contributed by atoms with van der Waals surface area (Å²) in [5, 5.41) is 12.9. The van der Waals surface area contributed by atoms with E-state index in [1.165, 1.54) is 0 Å². The molecule has 7 rings (SSSR count). The number of nitrogens with zero attached hydrogens (tertiary/aromatic N) is 4. The van der Waals surface area contributed by atoms with Gasteiger partial charge in [0.15, 0.2) is 0 Å². The average Bonchev–Trinajstić information content (AvgIpc) is 3.67. The van der Waals surface area contributed by atoms with Gasteiger partial charge in [0.25, 0.3) is 0 Å². The predicted molar refractivity (Wildman–Crippen MR) is 218 cm³/mol. The summed E-state index contributed by atoms with van der Waals surface area (Å²) >= 11 is 0. The van der Waals surface area contributed by atoms with Crippen LogP contribution in [0.4, 0.5) is 0 Å². The van der Waals surface area contributed by atoms with E-state index in [0.717, 1.165) is 47.4 Å². The van der Waals surface area contributed by atoms with Gasteiger partial charge in [-0.2, -0.15) is 0 Å². The van der Waals surface area contributed by atoms with Crippen molar-refractivity contribution in [1.29, 1.82) is 0 Å². The number of phenols is 1. The summed E-state index contributed by atoms with van der Waals surface area (Å²) in [6, 6.07) is 34.2. The minimum Gasteiger partial charge on any atom is -0.508 e. The van der Waals surface area contributed by atoms with Gasteiger partial charge < -0.3 is 29.9 Å². The molecule has 0 aliphatic carbocycles. The Labute approximate surface area is 335 Å². The number of hydrogen-bond donors (Lipinski definition) is 2. The van der Waals surface area contributed by atoms with Crippen LogP contribution in [-0.4, -0.2) is 118 Å². The monoisotopic (exact) mass is 771 g/mol. The zero-order valence-corrected chi connectivity index (χ0v) is 32.7. The fraction of sp³-hybridized carbons (Fsp3) is 0.391. The fourth-order valence-electron chi connectivity index (χ4n) is 8.66. The second kappa shape index (κ2) is 18.5. The van der Waals surface area contributed by atoms with E-state index >= 15 is 0 Å². The number of aromatic hydroxyl groups is 1.